The van der Waals surface area contributed by atoms with E-state index in [4.69, 9.17) is 4.74 Å². The average molecular weight is 291 g/mol. The van der Waals surface area contributed by atoms with Crippen molar-refractivity contribution in [2.45, 2.75) is 51.0 Å². The Kier molecular flexibility index (Phi) is 3.19. The molecule has 4 rings (SSSR count). The van der Waals surface area contributed by atoms with Crippen LogP contribution in [0.25, 0.3) is 0 Å². The van der Waals surface area contributed by atoms with Crippen molar-refractivity contribution in [3.05, 3.63) is 12.2 Å². The number of esters is 1. The highest BCUT2D eigenvalue weighted by atomic mass is 16.6. The fraction of sp³-hybridized carbons (Fsp3) is 0.765. The van der Waals surface area contributed by atoms with Crippen LogP contribution >= 0.6 is 0 Å². The molecular weight excluding hydrogens is 266 g/mol. The van der Waals surface area contributed by atoms with Gasteiger partial charge < -0.3 is 9.64 Å². The zero-order chi connectivity index (χ0) is 15.4. The Hall–Kier alpha value is -1.32. The van der Waals surface area contributed by atoms with E-state index in [1.807, 2.05) is 14.1 Å². The molecule has 21 heavy (non-hydrogen) atoms. The zero-order valence-corrected chi connectivity index (χ0v) is 13.3. The zero-order valence-electron chi connectivity index (χ0n) is 13.3. The van der Waals surface area contributed by atoms with Crippen LogP contribution in [0.2, 0.25) is 0 Å². The lowest BCUT2D eigenvalue weighted by Crippen LogP contribution is -2.61. The maximum atomic E-state index is 12.7. The van der Waals surface area contributed by atoms with E-state index in [2.05, 4.69) is 6.58 Å². The summed E-state index contributed by atoms with van der Waals surface area (Å²) in [5.41, 5.74) is -0.284. The quantitative estimate of drug-likeness (QED) is 0.593. The van der Waals surface area contributed by atoms with Gasteiger partial charge in [0.15, 0.2) is 0 Å². The summed E-state index contributed by atoms with van der Waals surface area (Å²) < 4.78 is 5.86. The summed E-state index contributed by atoms with van der Waals surface area (Å²) in [5.74, 6) is 0.956. The molecule has 0 spiro atoms. The van der Waals surface area contributed by atoms with Gasteiger partial charge in [-0.15, -0.1) is 0 Å². The summed E-state index contributed by atoms with van der Waals surface area (Å²) in [4.78, 5) is 26.5. The van der Waals surface area contributed by atoms with Gasteiger partial charge in [-0.3, -0.25) is 4.79 Å². The Labute approximate surface area is 126 Å². The van der Waals surface area contributed by atoms with Crippen LogP contribution in [-0.4, -0.2) is 36.5 Å². The number of ether oxygens (including phenoxy) is 1. The van der Waals surface area contributed by atoms with E-state index >= 15 is 0 Å². The maximum Gasteiger partial charge on any atom is 0.333 e. The Balaban J connectivity index is 1.90. The number of carbonyl (C=O) groups excluding carboxylic acids is 2. The molecular formula is C17H25NO3. The smallest absolute Gasteiger partial charge is 0.333 e. The lowest BCUT2D eigenvalue weighted by molar-refractivity contribution is -0.203. The molecule has 0 aromatic rings. The standard InChI is InChI=1S/C17H25NO3/c1-11(2)14(19)21-17-8-12-5-13(9-17)7-16(6-12,10-17)15(20)18(3)4/h12-13H,1,5-10H2,2-4H3. The SMILES string of the molecule is C=C(C)C(=O)OC12CC3CC(C1)CC(C(=O)N(C)C)(C3)C2. The van der Waals surface area contributed by atoms with Crippen LogP contribution in [0.15, 0.2) is 12.2 Å². The first-order valence-electron chi connectivity index (χ1n) is 7.86. The van der Waals surface area contributed by atoms with E-state index < -0.39 is 5.60 Å². The second kappa shape index (κ2) is 4.59. The molecule has 0 aromatic carbocycles. The lowest BCUT2D eigenvalue weighted by atomic mass is 9.47. The Morgan fingerprint density at radius 3 is 2.19 bits per heavy atom. The molecule has 4 bridgehead atoms. The van der Waals surface area contributed by atoms with Crippen molar-refractivity contribution in [3.63, 3.8) is 0 Å². The molecule has 0 saturated heterocycles. The van der Waals surface area contributed by atoms with Crippen LogP contribution in [0.3, 0.4) is 0 Å². The average Bonchev–Trinajstić information content (AvgIpc) is 2.35. The molecule has 116 valence electrons. The molecule has 0 radical (unpaired) electrons. The van der Waals surface area contributed by atoms with Crippen molar-refractivity contribution in [3.8, 4) is 0 Å². The minimum Gasteiger partial charge on any atom is -0.456 e. The second-order valence-electron chi connectivity index (χ2n) is 7.79. The summed E-state index contributed by atoms with van der Waals surface area (Å²) in [5, 5.41) is 0. The predicted molar refractivity (Wildman–Crippen MR) is 79.4 cm³/mol. The van der Waals surface area contributed by atoms with Crippen molar-refractivity contribution < 1.29 is 14.3 Å². The monoisotopic (exact) mass is 291 g/mol. The van der Waals surface area contributed by atoms with E-state index in [0.29, 0.717) is 23.8 Å². The molecule has 0 heterocycles. The van der Waals surface area contributed by atoms with Gasteiger partial charge in [0.1, 0.15) is 5.60 Å². The van der Waals surface area contributed by atoms with Crippen molar-refractivity contribution in [2.75, 3.05) is 14.1 Å². The molecule has 4 nitrogen and oxygen atoms in total. The third-order valence-electron chi connectivity index (χ3n) is 5.52. The molecule has 4 saturated carbocycles. The summed E-state index contributed by atoms with van der Waals surface area (Å²) >= 11 is 0. The number of rotatable bonds is 3. The summed E-state index contributed by atoms with van der Waals surface area (Å²) in [6, 6.07) is 0. The third kappa shape index (κ3) is 2.29. The van der Waals surface area contributed by atoms with E-state index in [1.165, 1.54) is 6.42 Å². The fourth-order valence-electron chi connectivity index (χ4n) is 5.31. The van der Waals surface area contributed by atoms with Crippen LogP contribution in [0.4, 0.5) is 0 Å². The fourth-order valence-corrected chi connectivity index (χ4v) is 5.31. The number of amides is 1. The minimum atomic E-state index is -0.425. The molecule has 0 aliphatic heterocycles. The number of hydrogen-bond donors (Lipinski definition) is 0. The molecule has 2 atom stereocenters. The topological polar surface area (TPSA) is 46.6 Å². The normalized spacial score (nSPS) is 40.0. The molecule has 0 N–H and O–H groups in total. The Bertz CT molecular complexity index is 494. The summed E-state index contributed by atoms with van der Waals surface area (Å²) in [7, 11) is 3.65. The van der Waals surface area contributed by atoms with Gasteiger partial charge in [-0.05, 0) is 50.9 Å². The molecule has 1 amide bonds. The molecule has 0 aromatic heterocycles. The molecule has 4 aliphatic carbocycles. The maximum absolute atomic E-state index is 12.7. The largest absolute Gasteiger partial charge is 0.456 e. The molecule has 4 heteroatoms. The van der Waals surface area contributed by atoms with Gasteiger partial charge in [0.05, 0.1) is 5.41 Å². The van der Waals surface area contributed by atoms with Crippen molar-refractivity contribution in [1.29, 1.82) is 0 Å². The van der Waals surface area contributed by atoms with Crippen LogP contribution < -0.4 is 0 Å². The van der Waals surface area contributed by atoms with Gasteiger partial charge in [0.2, 0.25) is 5.91 Å². The number of carbonyl (C=O) groups is 2. The predicted octanol–water partition coefficient (Wildman–Crippen LogP) is 2.53. The van der Waals surface area contributed by atoms with Crippen molar-refractivity contribution >= 4 is 11.9 Å². The van der Waals surface area contributed by atoms with Gasteiger partial charge in [-0.1, -0.05) is 6.58 Å². The van der Waals surface area contributed by atoms with Gasteiger partial charge >= 0.3 is 5.97 Å². The van der Waals surface area contributed by atoms with Crippen LogP contribution in [-0.2, 0) is 14.3 Å². The van der Waals surface area contributed by atoms with E-state index in [9.17, 15) is 9.59 Å². The van der Waals surface area contributed by atoms with E-state index in [0.717, 1.165) is 25.7 Å². The van der Waals surface area contributed by atoms with Gasteiger partial charge in [0.25, 0.3) is 0 Å². The molecule has 2 unspecified atom stereocenters. The second-order valence-corrected chi connectivity index (χ2v) is 7.79. The van der Waals surface area contributed by atoms with Gasteiger partial charge in [0, 0.05) is 26.1 Å². The van der Waals surface area contributed by atoms with Crippen LogP contribution in [0.5, 0.6) is 0 Å². The molecule has 4 aliphatic rings. The first-order valence-corrected chi connectivity index (χ1v) is 7.86. The first kappa shape index (κ1) is 14.6. The Morgan fingerprint density at radius 2 is 1.71 bits per heavy atom. The number of nitrogens with zero attached hydrogens (tertiary/aromatic N) is 1. The molecule has 4 fully saturated rings. The number of hydrogen-bond acceptors (Lipinski definition) is 3. The van der Waals surface area contributed by atoms with Crippen molar-refractivity contribution in [1.82, 2.24) is 4.90 Å². The highest BCUT2D eigenvalue weighted by Gasteiger charge is 2.62. The lowest BCUT2D eigenvalue weighted by Gasteiger charge is -2.60. The first-order chi connectivity index (χ1) is 9.75. The summed E-state index contributed by atoms with van der Waals surface area (Å²) in [6.07, 6.45) is 5.66. The van der Waals surface area contributed by atoms with E-state index in [1.54, 1.807) is 11.8 Å². The Morgan fingerprint density at radius 1 is 1.14 bits per heavy atom. The highest BCUT2D eigenvalue weighted by molar-refractivity contribution is 5.87. The van der Waals surface area contributed by atoms with Crippen LogP contribution in [0, 0.1) is 17.3 Å². The highest BCUT2D eigenvalue weighted by Crippen LogP contribution is 2.63. The third-order valence-corrected chi connectivity index (χ3v) is 5.52. The minimum absolute atomic E-state index is 0.215. The van der Waals surface area contributed by atoms with E-state index in [-0.39, 0.29) is 17.3 Å². The summed E-state index contributed by atoms with van der Waals surface area (Å²) in [6.45, 7) is 5.37. The van der Waals surface area contributed by atoms with Gasteiger partial charge in [-0.25, -0.2) is 4.79 Å². The van der Waals surface area contributed by atoms with Gasteiger partial charge in [-0.2, -0.15) is 0 Å². The van der Waals surface area contributed by atoms with Crippen molar-refractivity contribution in [2.24, 2.45) is 17.3 Å². The van der Waals surface area contributed by atoms with Crippen LogP contribution in [0.1, 0.15) is 45.4 Å².